The first kappa shape index (κ1) is 25.1. The zero-order valence-electron chi connectivity index (χ0n) is 20.2. The lowest BCUT2D eigenvalue weighted by Gasteiger charge is -2.59. The van der Waals surface area contributed by atoms with E-state index in [9.17, 15) is 19.8 Å². The second kappa shape index (κ2) is 8.89. The number of aliphatic hydroxyl groups excluding tert-OH is 1. The Morgan fingerprint density at radius 1 is 1.27 bits per heavy atom. The lowest BCUT2D eigenvalue weighted by molar-refractivity contribution is -0.174. The fraction of sp³-hybridized carbons (Fsp3) is 0.731. The summed E-state index contributed by atoms with van der Waals surface area (Å²) in [5.41, 5.74) is -1.32. The summed E-state index contributed by atoms with van der Waals surface area (Å²) in [5.74, 6) is 0.407. The van der Waals surface area contributed by atoms with E-state index < -0.39 is 17.1 Å². The van der Waals surface area contributed by atoms with Crippen molar-refractivity contribution in [2.24, 2.45) is 28.6 Å². The molecule has 0 aromatic heterocycles. The van der Waals surface area contributed by atoms with E-state index in [2.05, 4.69) is 6.92 Å². The molecule has 7 atom stereocenters. The standard InChI is InChI=1S/C26H37NO4S2/c1-5-27(6-2)23(32)33-15-21(30)26(31)12-10-19-18-8-7-16-13-17(28)9-11-24(16,3)22(18)20(29)14-25(19,26)4/h9,11,13,18-20,22,29,31H,5-8,10,12,14-15H2,1-4H3/t18-,19-,20-,22+,24-,25-,26-/m0/s1. The average molecular weight is 492 g/mol. The molecule has 4 aliphatic carbocycles. The van der Waals surface area contributed by atoms with E-state index in [1.807, 2.05) is 31.7 Å². The zero-order valence-corrected chi connectivity index (χ0v) is 21.8. The van der Waals surface area contributed by atoms with Gasteiger partial charge in [0.05, 0.1) is 11.9 Å². The largest absolute Gasteiger partial charge is 0.393 e. The summed E-state index contributed by atoms with van der Waals surface area (Å²) in [7, 11) is 0. The van der Waals surface area contributed by atoms with Crippen LogP contribution < -0.4 is 0 Å². The normalized spacial score (nSPS) is 41.6. The van der Waals surface area contributed by atoms with E-state index in [0.717, 1.165) is 37.9 Å². The highest BCUT2D eigenvalue weighted by atomic mass is 32.2. The molecule has 7 heteroatoms. The fourth-order valence-electron chi connectivity index (χ4n) is 7.61. The number of rotatable bonds is 5. The number of fused-ring (bicyclic) bond motifs is 5. The molecule has 2 N–H and O–H groups in total. The number of carbonyl (C=O) groups is 2. The molecule has 0 aliphatic heterocycles. The molecule has 0 amide bonds. The maximum Gasteiger partial charge on any atom is 0.178 e. The van der Waals surface area contributed by atoms with E-state index >= 15 is 0 Å². The van der Waals surface area contributed by atoms with Gasteiger partial charge in [-0.3, -0.25) is 9.59 Å². The molecule has 0 aromatic carbocycles. The summed E-state index contributed by atoms with van der Waals surface area (Å²) in [5, 5.41) is 23.3. The third kappa shape index (κ3) is 3.78. The molecule has 3 saturated carbocycles. The number of carbonyl (C=O) groups excluding carboxylic acids is 2. The number of nitrogens with zero attached hydrogens (tertiary/aromatic N) is 1. The van der Waals surface area contributed by atoms with Crippen LogP contribution in [0.25, 0.3) is 0 Å². The Kier molecular flexibility index (Phi) is 6.75. The summed E-state index contributed by atoms with van der Waals surface area (Å²) in [4.78, 5) is 27.5. The molecule has 4 rings (SSSR count). The van der Waals surface area contributed by atoms with Crippen molar-refractivity contribution in [1.29, 1.82) is 0 Å². The van der Waals surface area contributed by atoms with Gasteiger partial charge in [-0.2, -0.15) is 0 Å². The van der Waals surface area contributed by atoms with E-state index in [-0.39, 0.29) is 40.5 Å². The Hall–Kier alpha value is -1.02. The van der Waals surface area contributed by atoms with Gasteiger partial charge in [-0.15, -0.1) is 0 Å². The molecule has 5 nitrogen and oxygen atoms in total. The maximum atomic E-state index is 13.4. The second-order valence-corrected chi connectivity index (χ2v) is 12.4. The van der Waals surface area contributed by atoms with Crippen LogP contribution in [0.2, 0.25) is 0 Å². The van der Waals surface area contributed by atoms with Gasteiger partial charge < -0.3 is 15.1 Å². The highest BCUT2D eigenvalue weighted by Crippen LogP contribution is 2.67. The van der Waals surface area contributed by atoms with Crippen molar-refractivity contribution in [1.82, 2.24) is 4.90 Å². The van der Waals surface area contributed by atoms with Crippen LogP contribution in [0.15, 0.2) is 23.8 Å². The summed E-state index contributed by atoms with van der Waals surface area (Å²) >= 11 is 6.84. The van der Waals surface area contributed by atoms with Crippen molar-refractivity contribution >= 4 is 39.9 Å². The molecule has 182 valence electrons. The molecule has 0 radical (unpaired) electrons. The lowest BCUT2D eigenvalue weighted by atomic mass is 9.46. The Balaban J connectivity index is 1.56. The van der Waals surface area contributed by atoms with Crippen LogP contribution in [0.4, 0.5) is 0 Å². The van der Waals surface area contributed by atoms with Gasteiger partial charge in [-0.05, 0) is 69.9 Å². The number of ketones is 2. The highest BCUT2D eigenvalue weighted by Gasteiger charge is 2.67. The minimum Gasteiger partial charge on any atom is -0.393 e. The minimum absolute atomic E-state index is 0.00185. The predicted molar refractivity (Wildman–Crippen MR) is 136 cm³/mol. The van der Waals surface area contributed by atoms with Crippen LogP contribution in [-0.4, -0.2) is 61.5 Å². The molecule has 3 fully saturated rings. The Bertz CT molecular complexity index is 912. The first-order valence-corrected chi connectivity index (χ1v) is 13.7. The Morgan fingerprint density at radius 2 is 1.97 bits per heavy atom. The van der Waals surface area contributed by atoms with Crippen LogP contribution in [0.5, 0.6) is 0 Å². The first-order valence-electron chi connectivity index (χ1n) is 12.3. The van der Waals surface area contributed by atoms with Gasteiger partial charge in [0.2, 0.25) is 0 Å². The molecule has 0 aromatic rings. The van der Waals surface area contributed by atoms with Gasteiger partial charge in [0.1, 0.15) is 9.92 Å². The zero-order chi connectivity index (χ0) is 24.2. The van der Waals surface area contributed by atoms with Crippen molar-refractivity contribution in [3.05, 3.63) is 23.8 Å². The van der Waals surface area contributed by atoms with E-state index in [1.54, 1.807) is 12.2 Å². The average Bonchev–Trinajstić information content (AvgIpc) is 3.04. The Morgan fingerprint density at radius 3 is 2.64 bits per heavy atom. The minimum atomic E-state index is -1.44. The monoisotopic (exact) mass is 491 g/mol. The SMILES string of the molecule is CCN(CC)C(=S)SCC(=O)[C@@]1(O)CC[C@H]2[C@@H]3CCC4=CC(=O)C=C[C@]4(C)[C@H]3[C@@H](O)C[C@@]21C. The van der Waals surface area contributed by atoms with E-state index in [1.165, 1.54) is 11.8 Å². The van der Waals surface area contributed by atoms with Crippen molar-refractivity contribution in [2.75, 3.05) is 18.8 Å². The van der Waals surface area contributed by atoms with Crippen molar-refractivity contribution in [3.8, 4) is 0 Å². The smallest absolute Gasteiger partial charge is 0.178 e. The molecule has 0 heterocycles. The third-order valence-corrected chi connectivity index (χ3v) is 11.0. The summed E-state index contributed by atoms with van der Waals surface area (Å²) in [6.45, 7) is 9.83. The molecule has 33 heavy (non-hydrogen) atoms. The van der Waals surface area contributed by atoms with E-state index in [0.29, 0.717) is 17.2 Å². The number of thioether (sulfide) groups is 1. The molecule has 0 spiro atoms. The van der Waals surface area contributed by atoms with Gasteiger partial charge in [-0.1, -0.05) is 49.5 Å². The van der Waals surface area contributed by atoms with Gasteiger partial charge in [0.25, 0.3) is 0 Å². The lowest BCUT2D eigenvalue weighted by Crippen LogP contribution is -2.61. The number of hydrogen-bond acceptors (Lipinski definition) is 6. The summed E-state index contributed by atoms with van der Waals surface area (Å²) < 4.78 is 0.693. The van der Waals surface area contributed by atoms with Gasteiger partial charge >= 0.3 is 0 Å². The number of aliphatic hydroxyl groups is 2. The maximum absolute atomic E-state index is 13.4. The summed E-state index contributed by atoms with van der Waals surface area (Å²) in [6.07, 6.45) is 8.08. The quantitative estimate of drug-likeness (QED) is 0.564. The topological polar surface area (TPSA) is 77.8 Å². The highest BCUT2D eigenvalue weighted by molar-refractivity contribution is 8.23. The van der Waals surface area contributed by atoms with E-state index in [4.69, 9.17) is 12.2 Å². The third-order valence-electron chi connectivity index (χ3n) is 9.46. The van der Waals surface area contributed by atoms with Crippen LogP contribution in [-0.2, 0) is 9.59 Å². The second-order valence-electron chi connectivity index (χ2n) is 10.8. The van der Waals surface area contributed by atoms with Gasteiger partial charge in [-0.25, -0.2) is 0 Å². The molecule has 4 aliphatic rings. The molecular weight excluding hydrogens is 454 g/mol. The number of hydrogen-bond donors (Lipinski definition) is 2. The predicted octanol–water partition coefficient (Wildman–Crippen LogP) is 3.93. The van der Waals surface area contributed by atoms with Crippen molar-refractivity contribution in [2.45, 2.75) is 71.5 Å². The van der Waals surface area contributed by atoms with Crippen LogP contribution in [0.1, 0.15) is 59.8 Å². The first-order chi connectivity index (χ1) is 15.5. The van der Waals surface area contributed by atoms with Crippen LogP contribution in [0, 0.1) is 28.6 Å². The molecule has 0 unspecified atom stereocenters. The van der Waals surface area contributed by atoms with Gasteiger partial charge in [0.15, 0.2) is 11.6 Å². The molecule has 0 saturated heterocycles. The van der Waals surface area contributed by atoms with Gasteiger partial charge in [0, 0.05) is 29.8 Å². The van der Waals surface area contributed by atoms with Crippen LogP contribution >= 0.6 is 24.0 Å². The number of thiocarbonyl (C=S) groups is 1. The number of allylic oxidation sites excluding steroid dienone is 4. The van der Waals surface area contributed by atoms with Crippen molar-refractivity contribution in [3.63, 3.8) is 0 Å². The van der Waals surface area contributed by atoms with Crippen LogP contribution in [0.3, 0.4) is 0 Å². The Labute approximate surface area is 207 Å². The summed E-state index contributed by atoms with van der Waals surface area (Å²) in [6, 6.07) is 0. The fourth-order valence-corrected chi connectivity index (χ4v) is 8.98. The number of Topliss-reactive ketones (excluding diaryl/α,β-unsaturated/α-hetero) is 1. The molecular formula is C26H37NO4S2. The molecule has 0 bridgehead atoms. The van der Waals surface area contributed by atoms with Crippen molar-refractivity contribution < 1.29 is 19.8 Å².